The van der Waals surface area contributed by atoms with Crippen LogP contribution in [-0.4, -0.2) is 45.3 Å². The van der Waals surface area contributed by atoms with Gasteiger partial charge in [-0.3, -0.25) is 24.8 Å². The second-order valence-electron chi connectivity index (χ2n) is 9.06. The van der Waals surface area contributed by atoms with Gasteiger partial charge in [-0.1, -0.05) is 25.6 Å². The second kappa shape index (κ2) is 10.6. The van der Waals surface area contributed by atoms with Gasteiger partial charge in [0.25, 0.3) is 5.91 Å². The van der Waals surface area contributed by atoms with Gasteiger partial charge in [0.15, 0.2) is 5.69 Å². The van der Waals surface area contributed by atoms with Gasteiger partial charge < -0.3 is 5.32 Å². The molecule has 1 saturated heterocycles. The van der Waals surface area contributed by atoms with E-state index in [1.807, 2.05) is 37.5 Å². The molecule has 1 aromatic carbocycles. The van der Waals surface area contributed by atoms with Gasteiger partial charge >= 0.3 is 0 Å². The van der Waals surface area contributed by atoms with E-state index in [0.29, 0.717) is 17.1 Å². The Morgan fingerprint density at radius 2 is 2.06 bits per heavy atom. The number of aromatic nitrogens is 3. The molecule has 176 valence electrons. The molecule has 1 fully saturated rings. The van der Waals surface area contributed by atoms with Crippen molar-refractivity contribution in [2.45, 2.75) is 40.2 Å². The number of H-pyrrole nitrogens is 1. The fraction of sp³-hybridized carbons (Fsp3) is 0.333. The molecule has 1 aliphatic heterocycles. The quantitative estimate of drug-likeness (QED) is 0.485. The maximum atomic E-state index is 12.9. The van der Waals surface area contributed by atoms with Crippen LogP contribution in [0, 0.1) is 5.92 Å². The number of fused-ring (bicyclic) bond motifs is 1. The normalized spacial score (nSPS) is 15.8. The van der Waals surface area contributed by atoms with Crippen LogP contribution in [0.15, 0.2) is 65.7 Å². The minimum absolute atomic E-state index is 0.295. The summed E-state index contributed by atoms with van der Waals surface area (Å²) in [5, 5.41) is 10.8. The third-order valence-corrected chi connectivity index (χ3v) is 6.18. The van der Waals surface area contributed by atoms with Gasteiger partial charge in [0.2, 0.25) is 0 Å². The Labute approximate surface area is 200 Å². The molecule has 0 bridgehead atoms. The predicted molar refractivity (Wildman–Crippen MR) is 138 cm³/mol. The van der Waals surface area contributed by atoms with E-state index >= 15 is 0 Å². The lowest BCUT2D eigenvalue weighted by Crippen LogP contribution is -2.32. The van der Waals surface area contributed by atoms with Gasteiger partial charge in [0.05, 0.1) is 17.4 Å². The first-order chi connectivity index (χ1) is 16.4. The summed E-state index contributed by atoms with van der Waals surface area (Å²) in [4.78, 5) is 24.1. The number of hydrogen-bond acceptors (Lipinski definition) is 5. The average molecular weight is 457 g/mol. The Hall–Kier alpha value is -3.58. The number of allylic oxidation sites excluding steroid dienone is 3. The molecule has 3 aromatic rings. The lowest BCUT2D eigenvalue weighted by atomic mass is 9.98. The Kier molecular flexibility index (Phi) is 7.33. The number of carbonyl (C=O) groups excluding carboxylic acids is 1. The van der Waals surface area contributed by atoms with Crippen LogP contribution in [0.3, 0.4) is 0 Å². The van der Waals surface area contributed by atoms with Gasteiger partial charge in [-0.15, -0.1) is 0 Å². The third kappa shape index (κ3) is 5.66. The Morgan fingerprint density at radius 1 is 1.26 bits per heavy atom. The van der Waals surface area contributed by atoms with Crippen molar-refractivity contribution in [2.75, 3.05) is 13.1 Å². The number of carbonyl (C=O) groups is 1. The standard InChI is InChI=1S/C27H32N6O/c1-5-23(16-29-18(2)3)30-27(34)26-24-13-21(6-7-25(24)31-32-26)22-12-20(14-28-15-22)17-33-10-8-19(4)9-11-33/h5-7,12-16,19H,2,8-11,17H2,1,3-4H3,(H,30,34)(H,31,32)/b23-5+,29-16?. The molecule has 1 amide bonds. The Morgan fingerprint density at radius 3 is 2.79 bits per heavy atom. The zero-order valence-corrected chi connectivity index (χ0v) is 20.1. The number of pyridine rings is 1. The smallest absolute Gasteiger partial charge is 0.276 e. The fourth-order valence-corrected chi connectivity index (χ4v) is 4.13. The summed E-state index contributed by atoms with van der Waals surface area (Å²) in [5.41, 5.74) is 5.62. The molecule has 2 N–H and O–H groups in total. The van der Waals surface area contributed by atoms with Gasteiger partial charge in [-0.2, -0.15) is 5.10 Å². The van der Waals surface area contributed by atoms with Crippen LogP contribution in [-0.2, 0) is 6.54 Å². The van der Waals surface area contributed by atoms with Gasteiger partial charge in [-0.25, -0.2) is 0 Å². The summed E-state index contributed by atoms with van der Waals surface area (Å²) in [5.74, 6) is 0.520. The number of nitrogens with zero attached hydrogens (tertiary/aromatic N) is 4. The van der Waals surface area contributed by atoms with Crippen molar-refractivity contribution in [2.24, 2.45) is 10.9 Å². The van der Waals surface area contributed by atoms with Crippen molar-refractivity contribution >= 4 is 23.0 Å². The first-order valence-corrected chi connectivity index (χ1v) is 11.7. The maximum Gasteiger partial charge on any atom is 0.276 e. The zero-order chi connectivity index (χ0) is 24.1. The third-order valence-electron chi connectivity index (χ3n) is 6.18. The number of nitrogens with one attached hydrogen (secondary N) is 2. The molecule has 1 aliphatic rings. The molecule has 7 heteroatoms. The van der Waals surface area contributed by atoms with Crippen LogP contribution in [0.25, 0.3) is 22.0 Å². The minimum atomic E-state index is -0.295. The number of aromatic amines is 1. The van der Waals surface area contributed by atoms with Crippen LogP contribution in [0.5, 0.6) is 0 Å². The van der Waals surface area contributed by atoms with Crippen molar-refractivity contribution < 1.29 is 4.79 Å². The molecule has 34 heavy (non-hydrogen) atoms. The van der Waals surface area contributed by atoms with Crippen molar-refractivity contribution in [3.63, 3.8) is 0 Å². The summed E-state index contributed by atoms with van der Waals surface area (Å²) in [6.07, 6.45) is 9.69. The second-order valence-corrected chi connectivity index (χ2v) is 9.06. The molecule has 0 saturated carbocycles. The molecular weight excluding hydrogens is 424 g/mol. The predicted octanol–water partition coefficient (Wildman–Crippen LogP) is 5.09. The van der Waals surface area contributed by atoms with Crippen molar-refractivity contribution in [3.05, 3.63) is 72.0 Å². The van der Waals surface area contributed by atoms with Crippen LogP contribution < -0.4 is 5.32 Å². The highest BCUT2D eigenvalue weighted by Gasteiger charge is 2.17. The van der Waals surface area contributed by atoms with E-state index in [-0.39, 0.29) is 5.91 Å². The molecule has 4 rings (SSSR count). The summed E-state index contributed by atoms with van der Waals surface area (Å²) in [6, 6.07) is 8.17. The number of benzene rings is 1. The molecule has 0 atom stereocenters. The highest BCUT2D eigenvalue weighted by Crippen LogP contribution is 2.26. The summed E-state index contributed by atoms with van der Waals surface area (Å²) in [7, 11) is 0. The first-order valence-electron chi connectivity index (χ1n) is 11.7. The Bertz CT molecular complexity index is 1250. The van der Waals surface area contributed by atoms with E-state index in [9.17, 15) is 4.79 Å². The number of hydrogen-bond donors (Lipinski definition) is 2. The molecule has 0 radical (unpaired) electrons. The minimum Gasteiger partial charge on any atom is -0.319 e. The molecule has 7 nitrogen and oxygen atoms in total. The topological polar surface area (TPSA) is 86.3 Å². The zero-order valence-electron chi connectivity index (χ0n) is 20.1. The average Bonchev–Trinajstić information content (AvgIpc) is 3.26. The van der Waals surface area contributed by atoms with Crippen molar-refractivity contribution in [1.29, 1.82) is 0 Å². The van der Waals surface area contributed by atoms with Gasteiger partial charge in [0.1, 0.15) is 0 Å². The summed E-state index contributed by atoms with van der Waals surface area (Å²) in [6.45, 7) is 12.9. The van der Waals surface area contributed by atoms with Crippen molar-refractivity contribution in [3.8, 4) is 11.1 Å². The number of amides is 1. The van der Waals surface area contributed by atoms with Crippen LogP contribution >= 0.6 is 0 Å². The maximum absolute atomic E-state index is 12.9. The summed E-state index contributed by atoms with van der Waals surface area (Å²) >= 11 is 0. The van der Waals surface area contributed by atoms with Crippen molar-refractivity contribution in [1.82, 2.24) is 25.4 Å². The molecule has 0 spiro atoms. The number of aliphatic imine (C=N–C) groups is 1. The summed E-state index contributed by atoms with van der Waals surface area (Å²) < 4.78 is 0. The molecule has 2 aromatic heterocycles. The highest BCUT2D eigenvalue weighted by molar-refractivity contribution is 6.07. The highest BCUT2D eigenvalue weighted by atomic mass is 16.2. The monoisotopic (exact) mass is 456 g/mol. The van der Waals surface area contributed by atoms with E-state index in [1.165, 1.54) is 18.4 Å². The van der Waals surface area contributed by atoms with Crippen LogP contribution in [0.2, 0.25) is 0 Å². The molecule has 0 aliphatic carbocycles. The SMILES string of the molecule is C=C(C)N=C/C(=C\C)NC(=O)c1n[nH]c2ccc(-c3cncc(CN4CCC(C)CC4)c3)cc12. The lowest BCUT2D eigenvalue weighted by Gasteiger charge is -2.30. The first kappa shape index (κ1) is 23.6. The van der Waals surface area contributed by atoms with Gasteiger partial charge in [0, 0.05) is 35.6 Å². The van der Waals surface area contributed by atoms with Crippen LogP contribution in [0.1, 0.15) is 49.7 Å². The molecular formula is C27H32N6O. The van der Waals surface area contributed by atoms with E-state index in [2.05, 4.69) is 50.0 Å². The van der Waals surface area contributed by atoms with E-state index in [4.69, 9.17) is 0 Å². The molecule has 0 unspecified atom stereocenters. The number of likely N-dealkylation sites (tertiary alicyclic amines) is 1. The number of rotatable bonds is 7. The van der Waals surface area contributed by atoms with E-state index < -0.39 is 0 Å². The van der Waals surface area contributed by atoms with Crippen LogP contribution in [0.4, 0.5) is 0 Å². The Balaban J connectivity index is 1.55. The van der Waals surface area contributed by atoms with E-state index in [1.54, 1.807) is 19.2 Å². The van der Waals surface area contributed by atoms with E-state index in [0.717, 1.165) is 47.6 Å². The largest absolute Gasteiger partial charge is 0.319 e. The fourth-order valence-electron chi connectivity index (χ4n) is 4.13. The molecule has 3 heterocycles. The lowest BCUT2D eigenvalue weighted by molar-refractivity contribution is 0.0964. The van der Waals surface area contributed by atoms with Gasteiger partial charge in [-0.05, 0) is 75.0 Å². The number of piperidine rings is 1.